The van der Waals surface area contributed by atoms with Gasteiger partial charge in [-0.3, -0.25) is 9.59 Å². The molecule has 3 N–H and O–H groups in total. The van der Waals surface area contributed by atoms with Crippen LogP contribution in [0.5, 0.6) is 0 Å². The van der Waals surface area contributed by atoms with Crippen LogP contribution < -0.4 is 5.32 Å². The van der Waals surface area contributed by atoms with Crippen LogP contribution in [-0.4, -0.2) is 47.4 Å². The maximum absolute atomic E-state index is 12.5. The van der Waals surface area contributed by atoms with Gasteiger partial charge in [0.25, 0.3) is 0 Å². The first-order valence-electron chi connectivity index (χ1n) is 29.3. The molecule has 0 aromatic heterocycles. The van der Waals surface area contributed by atoms with Gasteiger partial charge in [-0.05, 0) is 64.2 Å². The van der Waals surface area contributed by atoms with E-state index < -0.39 is 12.1 Å². The summed E-state index contributed by atoms with van der Waals surface area (Å²) in [4.78, 5) is 24.6. The van der Waals surface area contributed by atoms with Gasteiger partial charge in [0.2, 0.25) is 5.91 Å². The number of nitrogens with one attached hydrogen (secondary N) is 1. The molecule has 0 spiro atoms. The number of hydrogen-bond donors (Lipinski definition) is 3. The van der Waals surface area contributed by atoms with Gasteiger partial charge < -0.3 is 20.3 Å². The number of amides is 1. The SMILES string of the molecule is CCCCC/C=C\C/C=C\CCCCCCCCCCCC(=O)OCCCCCCCCCCCCCCCC(=O)NC(CO)C(O)/C=C/CCCCCCCCCCCCCCCCC. The smallest absolute Gasteiger partial charge is 0.305 e. The van der Waals surface area contributed by atoms with Crippen molar-refractivity contribution in [3.05, 3.63) is 36.5 Å². The number of carbonyl (C=O) groups excluding carboxylic acids is 2. The average Bonchev–Trinajstić information content (AvgIpc) is 3.32. The van der Waals surface area contributed by atoms with Crippen molar-refractivity contribution >= 4 is 11.9 Å². The molecule has 66 heavy (non-hydrogen) atoms. The molecule has 1 amide bonds. The summed E-state index contributed by atoms with van der Waals surface area (Å²) < 4.78 is 5.48. The first-order valence-corrected chi connectivity index (χ1v) is 29.3. The Morgan fingerprint density at radius 2 is 0.758 bits per heavy atom. The van der Waals surface area contributed by atoms with Crippen molar-refractivity contribution in [1.29, 1.82) is 0 Å². The van der Waals surface area contributed by atoms with Crippen LogP contribution in [0.25, 0.3) is 0 Å². The molecule has 0 heterocycles. The molecular weight excluding hydrogens is 815 g/mol. The normalized spacial score (nSPS) is 12.8. The van der Waals surface area contributed by atoms with E-state index in [0.717, 1.165) is 64.2 Å². The molecule has 0 aliphatic heterocycles. The Labute approximate surface area is 411 Å². The lowest BCUT2D eigenvalue weighted by atomic mass is 10.0. The number of aliphatic hydroxyl groups excluding tert-OH is 2. The van der Waals surface area contributed by atoms with Crippen molar-refractivity contribution < 1.29 is 24.5 Å². The van der Waals surface area contributed by atoms with Crippen molar-refractivity contribution in [1.82, 2.24) is 5.32 Å². The van der Waals surface area contributed by atoms with E-state index in [0.29, 0.717) is 19.4 Å². The molecule has 2 unspecified atom stereocenters. The van der Waals surface area contributed by atoms with Crippen molar-refractivity contribution in [3.63, 3.8) is 0 Å². The van der Waals surface area contributed by atoms with Gasteiger partial charge in [0.05, 0.1) is 25.4 Å². The zero-order valence-corrected chi connectivity index (χ0v) is 44.2. The summed E-state index contributed by atoms with van der Waals surface area (Å²) in [5.74, 6) is -0.0902. The Morgan fingerprint density at radius 1 is 0.424 bits per heavy atom. The second-order valence-electron chi connectivity index (χ2n) is 20.0. The van der Waals surface area contributed by atoms with Crippen LogP contribution in [0.3, 0.4) is 0 Å². The predicted molar refractivity (Wildman–Crippen MR) is 287 cm³/mol. The topological polar surface area (TPSA) is 95.9 Å². The third kappa shape index (κ3) is 51.5. The summed E-state index contributed by atoms with van der Waals surface area (Å²) >= 11 is 0. The molecule has 0 rings (SSSR count). The van der Waals surface area contributed by atoms with Crippen LogP contribution in [0.15, 0.2) is 36.5 Å². The monoisotopic (exact) mass is 928 g/mol. The molecule has 0 fully saturated rings. The van der Waals surface area contributed by atoms with Gasteiger partial charge in [-0.2, -0.15) is 0 Å². The standard InChI is InChI=1S/C60H113NO5/c1-3-5-7-9-11-13-15-17-19-21-22-24-26-30-34-38-42-46-50-54-60(65)66-55-51-47-43-39-35-31-27-29-33-37-41-45-49-53-59(64)61-57(56-62)58(63)52-48-44-40-36-32-28-25-23-20-18-16-14-12-10-8-6-4-2/h11,13,17,19,48,52,57-58,62-63H,3-10,12,14-16,18,20-47,49-51,53-56H2,1-2H3,(H,61,64)/b13-11-,19-17-,52-48+. The Kier molecular flexibility index (Phi) is 54.1. The van der Waals surface area contributed by atoms with E-state index in [1.54, 1.807) is 6.08 Å². The predicted octanol–water partition coefficient (Wildman–Crippen LogP) is 18.0. The van der Waals surface area contributed by atoms with Gasteiger partial charge in [0.15, 0.2) is 0 Å². The molecule has 0 aliphatic rings. The number of rotatable bonds is 54. The van der Waals surface area contributed by atoms with E-state index in [1.807, 2.05) is 6.08 Å². The molecule has 388 valence electrons. The van der Waals surface area contributed by atoms with Gasteiger partial charge in [-0.15, -0.1) is 0 Å². The second kappa shape index (κ2) is 55.7. The van der Waals surface area contributed by atoms with Crippen LogP contribution in [0, 0.1) is 0 Å². The molecule has 6 heteroatoms. The molecule has 6 nitrogen and oxygen atoms in total. The molecular formula is C60H113NO5. The lowest BCUT2D eigenvalue weighted by molar-refractivity contribution is -0.143. The van der Waals surface area contributed by atoms with E-state index >= 15 is 0 Å². The van der Waals surface area contributed by atoms with Crippen molar-refractivity contribution in [2.45, 2.75) is 321 Å². The second-order valence-corrected chi connectivity index (χ2v) is 20.0. The zero-order chi connectivity index (χ0) is 47.9. The molecule has 0 saturated carbocycles. The number of unbranched alkanes of at least 4 members (excludes halogenated alkanes) is 39. The quantitative estimate of drug-likeness (QED) is 0.0321. The fourth-order valence-corrected chi connectivity index (χ4v) is 8.90. The third-order valence-corrected chi connectivity index (χ3v) is 13.4. The van der Waals surface area contributed by atoms with Gasteiger partial charge in [-0.25, -0.2) is 0 Å². The van der Waals surface area contributed by atoms with Crippen LogP contribution in [0.2, 0.25) is 0 Å². The Hall–Kier alpha value is -1.92. The Bertz CT molecular complexity index is 1070. The lowest BCUT2D eigenvalue weighted by Gasteiger charge is -2.20. The summed E-state index contributed by atoms with van der Waals surface area (Å²) in [6.45, 7) is 4.86. The highest BCUT2D eigenvalue weighted by Crippen LogP contribution is 2.17. The highest BCUT2D eigenvalue weighted by atomic mass is 16.5. The first kappa shape index (κ1) is 64.1. The minimum absolute atomic E-state index is 0.0105. The fraction of sp³-hybridized carbons (Fsp3) is 0.867. The maximum atomic E-state index is 12.5. The molecule has 0 aliphatic carbocycles. The van der Waals surface area contributed by atoms with Crippen molar-refractivity contribution in [2.24, 2.45) is 0 Å². The van der Waals surface area contributed by atoms with Gasteiger partial charge in [-0.1, -0.05) is 269 Å². The number of esters is 1. The highest BCUT2D eigenvalue weighted by molar-refractivity contribution is 5.76. The van der Waals surface area contributed by atoms with E-state index in [9.17, 15) is 19.8 Å². The number of carbonyl (C=O) groups is 2. The number of allylic oxidation sites excluding steroid dienone is 5. The van der Waals surface area contributed by atoms with Crippen molar-refractivity contribution in [2.75, 3.05) is 13.2 Å². The zero-order valence-electron chi connectivity index (χ0n) is 44.2. The summed E-state index contributed by atoms with van der Waals surface area (Å²) in [6, 6.07) is -0.638. The Morgan fingerprint density at radius 3 is 1.18 bits per heavy atom. The van der Waals surface area contributed by atoms with Crippen LogP contribution in [0.4, 0.5) is 0 Å². The summed E-state index contributed by atoms with van der Waals surface area (Å²) in [5, 5.41) is 23.1. The summed E-state index contributed by atoms with van der Waals surface area (Å²) in [7, 11) is 0. The van der Waals surface area contributed by atoms with Crippen molar-refractivity contribution in [3.8, 4) is 0 Å². The van der Waals surface area contributed by atoms with Crippen LogP contribution >= 0.6 is 0 Å². The van der Waals surface area contributed by atoms with Crippen LogP contribution in [-0.2, 0) is 14.3 Å². The average molecular weight is 929 g/mol. The molecule has 0 aromatic carbocycles. The fourth-order valence-electron chi connectivity index (χ4n) is 8.90. The molecule has 2 atom stereocenters. The third-order valence-electron chi connectivity index (χ3n) is 13.4. The van der Waals surface area contributed by atoms with Gasteiger partial charge in [0.1, 0.15) is 0 Å². The minimum Gasteiger partial charge on any atom is -0.466 e. The Balaban J connectivity index is 3.47. The van der Waals surface area contributed by atoms with Gasteiger partial charge >= 0.3 is 5.97 Å². The van der Waals surface area contributed by atoms with Crippen LogP contribution in [0.1, 0.15) is 309 Å². The van der Waals surface area contributed by atoms with Gasteiger partial charge in [0, 0.05) is 12.8 Å². The molecule has 0 saturated heterocycles. The van der Waals surface area contributed by atoms with E-state index in [-0.39, 0.29) is 18.5 Å². The largest absolute Gasteiger partial charge is 0.466 e. The summed E-state index contributed by atoms with van der Waals surface area (Å²) in [5.41, 5.74) is 0. The van der Waals surface area contributed by atoms with E-state index in [4.69, 9.17) is 4.74 Å². The van der Waals surface area contributed by atoms with E-state index in [2.05, 4.69) is 43.5 Å². The van der Waals surface area contributed by atoms with E-state index in [1.165, 1.54) is 218 Å². The molecule has 0 bridgehead atoms. The lowest BCUT2D eigenvalue weighted by Crippen LogP contribution is -2.45. The first-order chi connectivity index (χ1) is 32.5. The number of ether oxygens (including phenoxy) is 1. The number of hydrogen-bond acceptors (Lipinski definition) is 5. The molecule has 0 aromatic rings. The summed E-state index contributed by atoms with van der Waals surface area (Å²) in [6.07, 6.45) is 68.7. The molecule has 0 radical (unpaired) electrons. The minimum atomic E-state index is -0.854. The highest BCUT2D eigenvalue weighted by Gasteiger charge is 2.18. The number of aliphatic hydroxyl groups is 2. The maximum Gasteiger partial charge on any atom is 0.305 e.